The Labute approximate surface area is 120 Å². The lowest BCUT2D eigenvalue weighted by molar-refractivity contribution is 0.137. The SMILES string of the molecule is CCC(c1ccccc1)C(O)c1c(C)cc(C)cc1F. The number of halogens is 1. The van der Waals surface area contributed by atoms with E-state index in [-0.39, 0.29) is 11.7 Å². The van der Waals surface area contributed by atoms with Gasteiger partial charge in [0.1, 0.15) is 5.82 Å². The van der Waals surface area contributed by atoms with E-state index < -0.39 is 6.10 Å². The first kappa shape index (κ1) is 14.7. The summed E-state index contributed by atoms with van der Waals surface area (Å²) in [4.78, 5) is 0. The van der Waals surface area contributed by atoms with Gasteiger partial charge in [-0.3, -0.25) is 0 Å². The lowest BCUT2D eigenvalue weighted by Crippen LogP contribution is -2.13. The van der Waals surface area contributed by atoms with Crippen LogP contribution in [0.1, 0.15) is 47.6 Å². The number of hydrogen-bond acceptors (Lipinski definition) is 1. The van der Waals surface area contributed by atoms with Crippen LogP contribution in [0.2, 0.25) is 0 Å². The maximum Gasteiger partial charge on any atom is 0.129 e. The molecule has 2 atom stereocenters. The lowest BCUT2D eigenvalue weighted by Gasteiger charge is -2.24. The Kier molecular flexibility index (Phi) is 4.56. The topological polar surface area (TPSA) is 20.2 Å². The molecule has 2 heteroatoms. The van der Waals surface area contributed by atoms with E-state index in [0.29, 0.717) is 5.56 Å². The molecule has 0 aliphatic heterocycles. The molecule has 2 rings (SSSR count). The Morgan fingerprint density at radius 1 is 1.10 bits per heavy atom. The van der Waals surface area contributed by atoms with Gasteiger partial charge in [0, 0.05) is 11.5 Å². The van der Waals surface area contributed by atoms with Crippen molar-refractivity contribution in [3.63, 3.8) is 0 Å². The third-order valence-electron chi connectivity index (χ3n) is 3.83. The van der Waals surface area contributed by atoms with E-state index in [9.17, 15) is 9.50 Å². The quantitative estimate of drug-likeness (QED) is 0.857. The standard InChI is InChI=1S/C18H21FO/c1-4-15(14-8-6-5-7-9-14)18(20)17-13(3)10-12(2)11-16(17)19/h5-11,15,18,20H,4H2,1-3H3. The summed E-state index contributed by atoms with van der Waals surface area (Å²) in [7, 11) is 0. The molecule has 0 aromatic heterocycles. The Bertz CT molecular complexity index is 554. The molecule has 0 saturated heterocycles. The molecule has 0 heterocycles. The molecule has 2 aromatic carbocycles. The van der Waals surface area contributed by atoms with E-state index in [1.807, 2.05) is 57.2 Å². The van der Waals surface area contributed by atoms with Crippen LogP contribution >= 0.6 is 0 Å². The predicted octanol–water partition coefficient (Wildman–Crippen LogP) is 4.67. The molecule has 0 aliphatic rings. The number of rotatable bonds is 4. The fraction of sp³-hybridized carbons (Fsp3) is 0.333. The molecular formula is C18H21FO. The van der Waals surface area contributed by atoms with E-state index >= 15 is 0 Å². The minimum atomic E-state index is -0.817. The molecule has 0 fully saturated rings. The van der Waals surface area contributed by atoms with Gasteiger partial charge in [-0.05, 0) is 43.0 Å². The molecule has 0 aliphatic carbocycles. The van der Waals surface area contributed by atoms with Crippen LogP contribution in [-0.4, -0.2) is 5.11 Å². The van der Waals surface area contributed by atoms with Crippen molar-refractivity contribution < 1.29 is 9.50 Å². The van der Waals surface area contributed by atoms with E-state index in [1.54, 1.807) is 0 Å². The Morgan fingerprint density at radius 3 is 2.30 bits per heavy atom. The van der Waals surface area contributed by atoms with Gasteiger partial charge in [-0.15, -0.1) is 0 Å². The normalized spacial score (nSPS) is 14.1. The Hall–Kier alpha value is -1.67. The highest BCUT2D eigenvalue weighted by Crippen LogP contribution is 2.36. The van der Waals surface area contributed by atoms with Gasteiger partial charge in [0.2, 0.25) is 0 Å². The maximum absolute atomic E-state index is 14.2. The van der Waals surface area contributed by atoms with Crippen molar-refractivity contribution in [2.24, 2.45) is 0 Å². The minimum absolute atomic E-state index is 0.0906. The second-order valence-corrected chi connectivity index (χ2v) is 5.35. The molecule has 0 saturated carbocycles. The van der Waals surface area contributed by atoms with Gasteiger partial charge in [0.25, 0.3) is 0 Å². The first-order valence-electron chi connectivity index (χ1n) is 7.04. The van der Waals surface area contributed by atoms with E-state index in [4.69, 9.17) is 0 Å². The van der Waals surface area contributed by atoms with Crippen LogP contribution in [0.15, 0.2) is 42.5 Å². The molecule has 2 aromatic rings. The maximum atomic E-state index is 14.2. The van der Waals surface area contributed by atoms with E-state index in [2.05, 4.69) is 0 Å². The largest absolute Gasteiger partial charge is 0.388 e. The molecule has 106 valence electrons. The summed E-state index contributed by atoms with van der Waals surface area (Å²) in [5, 5.41) is 10.6. The van der Waals surface area contributed by atoms with Crippen LogP contribution in [0.5, 0.6) is 0 Å². The summed E-state index contributed by atoms with van der Waals surface area (Å²) in [6.07, 6.45) is -0.0548. The first-order chi connectivity index (χ1) is 9.54. The fourth-order valence-electron chi connectivity index (χ4n) is 2.84. The minimum Gasteiger partial charge on any atom is -0.388 e. The molecule has 1 N–H and O–H groups in total. The van der Waals surface area contributed by atoms with E-state index in [1.165, 1.54) is 6.07 Å². The molecule has 0 amide bonds. The smallest absolute Gasteiger partial charge is 0.129 e. The van der Waals surface area contributed by atoms with Gasteiger partial charge >= 0.3 is 0 Å². The molecule has 0 spiro atoms. The highest BCUT2D eigenvalue weighted by molar-refractivity contribution is 5.36. The third kappa shape index (κ3) is 2.91. The third-order valence-corrected chi connectivity index (χ3v) is 3.83. The van der Waals surface area contributed by atoms with Crippen LogP contribution in [-0.2, 0) is 0 Å². The molecule has 1 nitrogen and oxygen atoms in total. The van der Waals surface area contributed by atoms with Gasteiger partial charge in [0.15, 0.2) is 0 Å². The van der Waals surface area contributed by atoms with Crippen molar-refractivity contribution in [2.75, 3.05) is 0 Å². The summed E-state index contributed by atoms with van der Waals surface area (Å²) in [5.41, 5.74) is 3.15. The van der Waals surface area contributed by atoms with Gasteiger partial charge in [-0.25, -0.2) is 4.39 Å². The van der Waals surface area contributed by atoms with Crippen molar-refractivity contribution in [3.8, 4) is 0 Å². The average molecular weight is 272 g/mol. The van der Waals surface area contributed by atoms with Crippen LogP contribution in [0.3, 0.4) is 0 Å². The molecule has 2 unspecified atom stereocenters. The van der Waals surface area contributed by atoms with Gasteiger partial charge in [-0.2, -0.15) is 0 Å². The monoisotopic (exact) mass is 272 g/mol. The van der Waals surface area contributed by atoms with Crippen LogP contribution in [0, 0.1) is 19.7 Å². The molecule has 20 heavy (non-hydrogen) atoms. The van der Waals surface area contributed by atoms with Crippen molar-refractivity contribution >= 4 is 0 Å². The number of aliphatic hydroxyl groups excluding tert-OH is 1. The first-order valence-corrected chi connectivity index (χ1v) is 7.04. The number of benzene rings is 2. The van der Waals surface area contributed by atoms with Crippen molar-refractivity contribution in [3.05, 3.63) is 70.5 Å². The zero-order chi connectivity index (χ0) is 14.7. The van der Waals surface area contributed by atoms with Crippen LogP contribution < -0.4 is 0 Å². The molecular weight excluding hydrogens is 251 g/mol. The number of aryl methyl sites for hydroxylation is 2. The highest BCUT2D eigenvalue weighted by Gasteiger charge is 2.25. The second-order valence-electron chi connectivity index (χ2n) is 5.35. The molecule has 0 bridgehead atoms. The zero-order valence-corrected chi connectivity index (χ0v) is 12.2. The summed E-state index contributed by atoms with van der Waals surface area (Å²) < 4.78 is 14.2. The lowest BCUT2D eigenvalue weighted by atomic mass is 9.85. The van der Waals surface area contributed by atoms with Gasteiger partial charge < -0.3 is 5.11 Å². The summed E-state index contributed by atoms with van der Waals surface area (Å²) >= 11 is 0. The Morgan fingerprint density at radius 2 is 1.75 bits per heavy atom. The van der Waals surface area contributed by atoms with Crippen LogP contribution in [0.4, 0.5) is 4.39 Å². The van der Waals surface area contributed by atoms with Gasteiger partial charge in [-0.1, -0.05) is 43.3 Å². The summed E-state index contributed by atoms with van der Waals surface area (Å²) in [6, 6.07) is 13.2. The number of hydrogen-bond donors (Lipinski definition) is 1. The van der Waals surface area contributed by atoms with Crippen molar-refractivity contribution in [2.45, 2.75) is 39.2 Å². The number of aliphatic hydroxyl groups is 1. The summed E-state index contributed by atoms with van der Waals surface area (Å²) in [6.45, 7) is 5.73. The van der Waals surface area contributed by atoms with Crippen LogP contribution in [0.25, 0.3) is 0 Å². The average Bonchev–Trinajstić information content (AvgIpc) is 2.39. The highest BCUT2D eigenvalue weighted by atomic mass is 19.1. The van der Waals surface area contributed by atoms with Crippen molar-refractivity contribution in [1.29, 1.82) is 0 Å². The zero-order valence-electron chi connectivity index (χ0n) is 12.2. The predicted molar refractivity (Wildman–Crippen MR) is 80.3 cm³/mol. The Balaban J connectivity index is 2.42. The van der Waals surface area contributed by atoms with E-state index in [0.717, 1.165) is 23.1 Å². The molecule has 0 radical (unpaired) electrons. The van der Waals surface area contributed by atoms with Crippen molar-refractivity contribution in [1.82, 2.24) is 0 Å². The second kappa shape index (κ2) is 6.19. The van der Waals surface area contributed by atoms with Gasteiger partial charge in [0.05, 0.1) is 6.10 Å². The summed E-state index contributed by atoms with van der Waals surface area (Å²) in [5.74, 6) is -0.406. The fourth-order valence-corrected chi connectivity index (χ4v) is 2.84.